The molecular weight excluding hydrogens is 269 g/mol. The monoisotopic (exact) mass is 285 g/mol. The second kappa shape index (κ2) is 5.12. The van der Waals surface area contributed by atoms with Crippen LogP contribution in [0.25, 0.3) is 10.9 Å². The Bertz CT molecular complexity index is 587. The molecular formula is C14H17Cl2NO. The second-order valence-electron chi connectivity index (χ2n) is 5.00. The van der Waals surface area contributed by atoms with Crippen molar-refractivity contribution in [1.29, 1.82) is 0 Å². The van der Waals surface area contributed by atoms with E-state index in [1.807, 2.05) is 23.6 Å². The maximum absolute atomic E-state index is 9.49. The summed E-state index contributed by atoms with van der Waals surface area (Å²) < 4.78 is 2.05. The number of aromatic nitrogens is 1. The maximum atomic E-state index is 9.49. The van der Waals surface area contributed by atoms with Crippen molar-refractivity contribution in [3.05, 3.63) is 33.4 Å². The lowest BCUT2D eigenvalue weighted by molar-refractivity contribution is 0.283. The van der Waals surface area contributed by atoms with E-state index < -0.39 is 0 Å². The van der Waals surface area contributed by atoms with Crippen LogP contribution >= 0.6 is 23.2 Å². The molecule has 0 saturated heterocycles. The first-order valence-corrected chi connectivity index (χ1v) is 6.79. The summed E-state index contributed by atoms with van der Waals surface area (Å²) in [7, 11) is 0. The fourth-order valence-electron chi connectivity index (χ4n) is 2.33. The Kier molecular flexibility index (Phi) is 3.90. The molecule has 0 radical (unpaired) electrons. The minimum atomic E-state index is -0.0541. The molecule has 0 amide bonds. The van der Waals surface area contributed by atoms with Crippen LogP contribution in [0.3, 0.4) is 0 Å². The van der Waals surface area contributed by atoms with Crippen molar-refractivity contribution in [1.82, 2.24) is 4.57 Å². The molecule has 4 heteroatoms. The van der Waals surface area contributed by atoms with Gasteiger partial charge < -0.3 is 9.67 Å². The zero-order valence-corrected chi connectivity index (χ0v) is 12.3. The molecule has 2 aromatic rings. The van der Waals surface area contributed by atoms with Gasteiger partial charge in [-0.2, -0.15) is 0 Å². The first kappa shape index (κ1) is 13.7. The van der Waals surface area contributed by atoms with E-state index >= 15 is 0 Å². The largest absolute Gasteiger partial charge is 0.392 e. The lowest BCUT2D eigenvalue weighted by atomic mass is 10.1. The highest BCUT2D eigenvalue weighted by atomic mass is 35.5. The van der Waals surface area contributed by atoms with Gasteiger partial charge in [0, 0.05) is 22.5 Å². The highest BCUT2D eigenvalue weighted by molar-refractivity contribution is 6.34. The Morgan fingerprint density at radius 1 is 1.28 bits per heavy atom. The summed E-state index contributed by atoms with van der Waals surface area (Å²) in [5, 5.41) is 11.8. The molecule has 98 valence electrons. The Hall–Kier alpha value is -0.700. The number of fused-ring (bicyclic) bond motifs is 1. The Balaban J connectivity index is 2.82. The van der Waals surface area contributed by atoms with Gasteiger partial charge in [-0.05, 0) is 24.5 Å². The third-order valence-corrected chi connectivity index (χ3v) is 3.99. The van der Waals surface area contributed by atoms with Gasteiger partial charge in [-0.1, -0.05) is 43.1 Å². The number of hydrogen-bond donors (Lipinski definition) is 1. The predicted molar refractivity (Wildman–Crippen MR) is 77.5 cm³/mol. The summed E-state index contributed by atoms with van der Waals surface area (Å²) in [5.41, 5.74) is 2.83. The van der Waals surface area contributed by atoms with E-state index in [4.69, 9.17) is 23.2 Å². The van der Waals surface area contributed by atoms with Crippen molar-refractivity contribution in [2.75, 3.05) is 0 Å². The van der Waals surface area contributed by atoms with E-state index in [1.54, 1.807) is 0 Å². The summed E-state index contributed by atoms with van der Waals surface area (Å²) in [6, 6.07) is 3.79. The van der Waals surface area contributed by atoms with Gasteiger partial charge in [0.25, 0.3) is 0 Å². The van der Waals surface area contributed by atoms with Crippen LogP contribution in [0, 0.1) is 12.8 Å². The zero-order chi connectivity index (χ0) is 13.4. The fraction of sp³-hybridized carbons (Fsp3) is 0.429. The molecule has 1 aromatic heterocycles. The van der Waals surface area contributed by atoms with Crippen LogP contribution in [0.1, 0.15) is 25.0 Å². The molecule has 18 heavy (non-hydrogen) atoms. The van der Waals surface area contributed by atoms with Gasteiger partial charge in [0.05, 0.1) is 12.1 Å². The molecule has 0 aliphatic rings. The Morgan fingerprint density at radius 3 is 2.50 bits per heavy atom. The van der Waals surface area contributed by atoms with Crippen LogP contribution in [0.2, 0.25) is 10.2 Å². The number of halogens is 2. The molecule has 0 saturated carbocycles. The molecule has 0 aliphatic heterocycles. The number of rotatable bonds is 3. The van der Waals surface area contributed by atoms with Crippen LogP contribution in [0.5, 0.6) is 0 Å². The molecule has 0 spiro atoms. The van der Waals surface area contributed by atoms with Crippen LogP contribution in [-0.4, -0.2) is 9.67 Å². The number of aryl methyl sites for hydroxylation is 1. The standard InChI is InChI=1S/C14H17Cl2NO/c1-8(2)6-17-13-9(3)12(15)5-4-10(13)11(7-18)14(17)16/h4-5,8,18H,6-7H2,1-3H3. The van der Waals surface area contributed by atoms with E-state index in [-0.39, 0.29) is 6.61 Å². The first-order chi connectivity index (χ1) is 8.47. The van der Waals surface area contributed by atoms with Crippen molar-refractivity contribution in [2.45, 2.75) is 33.9 Å². The summed E-state index contributed by atoms with van der Waals surface area (Å²) in [4.78, 5) is 0. The third-order valence-electron chi connectivity index (χ3n) is 3.15. The van der Waals surface area contributed by atoms with Gasteiger partial charge in [0.2, 0.25) is 0 Å². The summed E-state index contributed by atoms with van der Waals surface area (Å²) in [5.74, 6) is 0.475. The van der Waals surface area contributed by atoms with Gasteiger partial charge in [-0.15, -0.1) is 0 Å². The van der Waals surface area contributed by atoms with E-state index in [9.17, 15) is 5.11 Å². The second-order valence-corrected chi connectivity index (χ2v) is 5.77. The van der Waals surface area contributed by atoms with Crippen molar-refractivity contribution in [3.8, 4) is 0 Å². The molecule has 1 heterocycles. The molecule has 0 atom stereocenters. The van der Waals surface area contributed by atoms with Gasteiger partial charge in [0.1, 0.15) is 5.15 Å². The van der Waals surface area contributed by atoms with Crippen LogP contribution < -0.4 is 0 Å². The minimum absolute atomic E-state index is 0.0541. The summed E-state index contributed by atoms with van der Waals surface area (Å²) in [6.45, 7) is 7.03. The number of aliphatic hydroxyl groups is 1. The number of aliphatic hydroxyl groups excluding tert-OH is 1. The molecule has 0 aliphatic carbocycles. The highest BCUT2D eigenvalue weighted by Crippen LogP contribution is 2.35. The normalized spacial score (nSPS) is 11.7. The molecule has 0 fully saturated rings. The van der Waals surface area contributed by atoms with Crippen molar-refractivity contribution < 1.29 is 5.11 Å². The van der Waals surface area contributed by atoms with Crippen LogP contribution in [0.4, 0.5) is 0 Å². The topological polar surface area (TPSA) is 25.2 Å². The predicted octanol–water partition coefficient (Wildman–Crippen LogP) is 4.40. The molecule has 2 rings (SSSR count). The van der Waals surface area contributed by atoms with Crippen molar-refractivity contribution >= 4 is 34.1 Å². The molecule has 1 aromatic carbocycles. The van der Waals surface area contributed by atoms with Crippen LogP contribution in [-0.2, 0) is 13.2 Å². The van der Waals surface area contributed by atoms with Crippen molar-refractivity contribution in [3.63, 3.8) is 0 Å². The number of hydrogen-bond acceptors (Lipinski definition) is 1. The average Bonchev–Trinajstić information content (AvgIpc) is 2.57. The lowest BCUT2D eigenvalue weighted by Crippen LogP contribution is -2.05. The molecule has 2 nitrogen and oxygen atoms in total. The summed E-state index contributed by atoms with van der Waals surface area (Å²) in [6.07, 6.45) is 0. The van der Waals surface area contributed by atoms with Gasteiger partial charge in [-0.25, -0.2) is 0 Å². The van der Waals surface area contributed by atoms with E-state index in [0.717, 1.165) is 33.6 Å². The fourth-order valence-corrected chi connectivity index (χ4v) is 2.79. The zero-order valence-electron chi connectivity index (χ0n) is 10.8. The molecule has 1 N–H and O–H groups in total. The van der Waals surface area contributed by atoms with Crippen LogP contribution in [0.15, 0.2) is 12.1 Å². The quantitative estimate of drug-likeness (QED) is 0.888. The Labute approximate surface area is 117 Å². The molecule has 0 bridgehead atoms. The van der Waals surface area contributed by atoms with Gasteiger partial charge >= 0.3 is 0 Å². The van der Waals surface area contributed by atoms with E-state index in [2.05, 4.69) is 13.8 Å². The SMILES string of the molecule is Cc1c(Cl)ccc2c(CO)c(Cl)n(CC(C)C)c12. The highest BCUT2D eigenvalue weighted by Gasteiger charge is 2.18. The minimum Gasteiger partial charge on any atom is -0.392 e. The smallest absolute Gasteiger partial charge is 0.115 e. The van der Waals surface area contributed by atoms with Gasteiger partial charge in [-0.3, -0.25) is 0 Å². The van der Waals surface area contributed by atoms with Crippen molar-refractivity contribution in [2.24, 2.45) is 5.92 Å². The number of nitrogens with zero attached hydrogens (tertiary/aromatic N) is 1. The first-order valence-electron chi connectivity index (χ1n) is 6.03. The van der Waals surface area contributed by atoms with Gasteiger partial charge in [0.15, 0.2) is 0 Å². The molecule has 0 unspecified atom stereocenters. The maximum Gasteiger partial charge on any atom is 0.115 e. The number of benzene rings is 1. The van der Waals surface area contributed by atoms with E-state index in [1.165, 1.54) is 0 Å². The Morgan fingerprint density at radius 2 is 1.94 bits per heavy atom. The third kappa shape index (κ3) is 2.13. The average molecular weight is 286 g/mol. The van der Waals surface area contributed by atoms with E-state index in [0.29, 0.717) is 11.1 Å². The summed E-state index contributed by atoms with van der Waals surface area (Å²) >= 11 is 12.6. The lowest BCUT2D eigenvalue weighted by Gasteiger charge is -2.12.